The lowest BCUT2D eigenvalue weighted by Gasteiger charge is -2.10. The third kappa shape index (κ3) is 3.91. The zero-order valence-electron chi connectivity index (χ0n) is 12.3. The van der Waals surface area contributed by atoms with Gasteiger partial charge in [-0.2, -0.15) is 0 Å². The molecule has 2 aromatic rings. The zero-order valence-corrected chi connectivity index (χ0v) is 13.9. The summed E-state index contributed by atoms with van der Waals surface area (Å²) in [5.41, 5.74) is 0.993. The van der Waals surface area contributed by atoms with Gasteiger partial charge >= 0.3 is 0 Å². The summed E-state index contributed by atoms with van der Waals surface area (Å²) >= 11 is 1.30. The third-order valence-corrected chi connectivity index (χ3v) is 6.31. The molecule has 21 heavy (non-hydrogen) atoms. The first-order valence-electron chi connectivity index (χ1n) is 6.75. The van der Waals surface area contributed by atoms with E-state index in [-0.39, 0.29) is 0 Å². The molecule has 0 radical (unpaired) electrons. The van der Waals surface area contributed by atoms with Crippen molar-refractivity contribution in [2.45, 2.75) is 37.6 Å². The first kappa shape index (κ1) is 16.2. The smallest absolute Gasteiger partial charge is 0.250 e. The van der Waals surface area contributed by atoms with Gasteiger partial charge in [0.05, 0.1) is 6.04 Å². The summed E-state index contributed by atoms with van der Waals surface area (Å²) in [6.45, 7) is 7.26. The highest BCUT2D eigenvalue weighted by Gasteiger charge is 2.22. The molecule has 1 unspecified atom stereocenters. The molecule has 0 bridgehead atoms. The van der Waals surface area contributed by atoms with Gasteiger partial charge in [0.1, 0.15) is 10.0 Å². The molecule has 116 valence electrons. The molecule has 2 aromatic heterocycles. The Labute approximate surface area is 129 Å². The predicted octanol–water partition coefficient (Wildman–Crippen LogP) is 1.93. The Kier molecular flexibility index (Phi) is 5.15. The average molecular weight is 328 g/mol. The fraction of sp³-hybridized carbons (Fsp3) is 0.462. The molecular weight excluding hydrogens is 308 g/mol. The second-order valence-electron chi connectivity index (χ2n) is 4.77. The van der Waals surface area contributed by atoms with E-state index < -0.39 is 16.1 Å². The largest absolute Gasteiger partial charge is 0.347 e. The van der Waals surface area contributed by atoms with E-state index in [1.807, 2.05) is 13.8 Å². The molecule has 0 fully saturated rings. The maximum Gasteiger partial charge on any atom is 0.250 e. The van der Waals surface area contributed by atoms with E-state index in [2.05, 4.69) is 20.0 Å². The molecule has 8 heteroatoms. The van der Waals surface area contributed by atoms with Gasteiger partial charge in [-0.3, -0.25) is 0 Å². The minimum absolute atomic E-state index is 0.339. The van der Waals surface area contributed by atoms with Crippen LogP contribution in [0.25, 0.3) is 0 Å². The molecule has 0 spiro atoms. The number of rotatable bonds is 7. The predicted molar refractivity (Wildman–Crippen MR) is 83.8 cm³/mol. The number of sulfonamides is 1. The minimum atomic E-state index is -3.53. The molecule has 6 nitrogen and oxygen atoms in total. The number of thiophene rings is 1. The number of H-pyrrole nitrogens is 1. The van der Waals surface area contributed by atoms with Crippen molar-refractivity contribution in [3.63, 3.8) is 0 Å². The van der Waals surface area contributed by atoms with Gasteiger partial charge in [-0.1, -0.05) is 6.92 Å². The average Bonchev–Trinajstić information content (AvgIpc) is 3.05. The van der Waals surface area contributed by atoms with Crippen molar-refractivity contribution in [1.29, 1.82) is 0 Å². The van der Waals surface area contributed by atoms with E-state index in [9.17, 15) is 8.42 Å². The van der Waals surface area contributed by atoms with Gasteiger partial charge in [-0.25, -0.2) is 18.1 Å². The second-order valence-corrected chi connectivity index (χ2v) is 7.85. The van der Waals surface area contributed by atoms with Crippen molar-refractivity contribution in [3.05, 3.63) is 34.7 Å². The van der Waals surface area contributed by atoms with Crippen LogP contribution in [-0.2, 0) is 16.6 Å². The standard InChI is InChI=1S/C13H20N4O2S2/c1-4-14-8-11-9(2)7-12(20-11)21(18,19)17-10(3)13-15-5-6-16-13/h5-7,10,14,17H,4,8H2,1-3H3,(H,15,16). The van der Waals surface area contributed by atoms with E-state index in [1.54, 1.807) is 25.4 Å². The Morgan fingerprint density at radius 2 is 2.24 bits per heavy atom. The fourth-order valence-electron chi connectivity index (χ4n) is 1.90. The van der Waals surface area contributed by atoms with E-state index in [1.165, 1.54) is 11.3 Å². The normalized spacial score (nSPS) is 13.5. The quantitative estimate of drug-likeness (QED) is 0.725. The van der Waals surface area contributed by atoms with Crippen molar-refractivity contribution < 1.29 is 8.42 Å². The van der Waals surface area contributed by atoms with Gasteiger partial charge < -0.3 is 10.3 Å². The van der Waals surface area contributed by atoms with Crippen LogP contribution in [0, 0.1) is 6.92 Å². The maximum atomic E-state index is 12.4. The van der Waals surface area contributed by atoms with Crippen LogP contribution in [-0.4, -0.2) is 24.9 Å². The Balaban J connectivity index is 2.16. The molecule has 0 saturated heterocycles. The molecule has 2 heterocycles. The van der Waals surface area contributed by atoms with Crippen LogP contribution in [0.1, 0.15) is 36.2 Å². The highest BCUT2D eigenvalue weighted by molar-refractivity contribution is 7.91. The lowest BCUT2D eigenvalue weighted by Crippen LogP contribution is -2.26. The van der Waals surface area contributed by atoms with Crippen molar-refractivity contribution >= 4 is 21.4 Å². The molecule has 0 aliphatic carbocycles. The SMILES string of the molecule is CCNCc1sc(S(=O)(=O)NC(C)c2ncc[nH]2)cc1C. The number of nitrogens with zero attached hydrogens (tertiary/aromatic N) is 1. The van der Waals surface area contributed by atoms with Gasteiger partial charge in [0.15, 0.2) is 0 Å². The zero-order chi connectivity index (χ0) is 15.5. The minimum Gasteiger partial charge on any atom is -0.347 e. The molecule has 2 rings (SSSR count). The Hall–Kier alpha value is -1.22. The Morgan fingerprint density at radius 3 is 2.86 bits per heavy atom. The molecule has 0 amide bonds. The van der Waals surface area contributed by atoms with Gasteiger partial charge in [0, 0.05) is 23.8 Å². The molecule has 0 aliphatic heterocycles. The number of aryl methyl sites for hydroxylation is 1. The van der Waals surface area contributed by atoms with Crippen LogP contribution >= 0.6 is 11.3 Å². The first-order chi connectivity index (χ1) is 9.94. The molecular formula is C13H20N4O2S2. The monoisotopic (exact) mass is 328 g/mol. The van der Waals surface area contributed by atoms with Crippen molar-refractivity contribution in [1.82, 2.24) is 20.0 Å². The summed E-state index contributed by atoms with van der Waals surface area (Å²) in [6.07, 6.45) is 3.27. The highest BCUT2D eigenvalue weighted by atomic mass is 32.2. The highest BCUT2D eigenvalue weighted by Crippen LogP contribution is 2.26. The number of hydrogen-bond donors (Lipinski definition) is 3. The molecule has 3 N–H and O–H groups in total. The Morgan fingerprint density at radius 1 is 1.48 bits per heavy atom. The lowest BCUT2D eigenvalue weighted by molar-refractivity contribution is 0.563. The third-order valence-electron chi connectivity index (χ3n) is 3.06. The van der Waals surface area contributed by atoms with Crippen LogP contribution in [0.15, 0.2) is 22.7 Å². The van der Waals surface area contributed by atoms with Crippen LogP contribution in [0.3, 0.4) is 0 Å². The summed E-state index contributed by atoms with van der Waals surface area (Å²) in [6, 6.07) is 1.32. The van der Waals surface area contributed by atoms with Crippen molar-refractivity contribution in [3.8, 4) is 0 Å². The molecule has 0 aliphatic rings. The van der Waals surface area contributed by atoms with E-state index >= 15 is 0 Å². The van der Waals surface area contributed by atoms with E-state index in [0.29, 0.717) is 16.6 Å². The maximum absolute atomic E-state index is 12.4. The van der Waals surface area contributed by atoms with Gasteiger partial charge in [0.2, 0.25) is 0 Å². The molecule has 0 saturated carbocycles. The van der Waals surface area contributed by atoms with Crippen molar-refractivity contribution in [2.24, 2.45) is 0 Å². The number of hydrogen-bond acceptors (Lipinski definition) is 5. The van der Waals surface area contributed by atoms with Crippen LogP contribution in [0.5, 0.6) is 0 Å². The van der Waals surface area contributed by atoms with Crippen LogP contribution < -0.4 is 10.0 Å². The van der Waals surface area contributed by atoms with E-state index in [4.69, 9.17) is 0 Å². The van der Waals surface area contributed by atoms with Crippen LogP contribution in [0.2, 0.25) is 0 Å². The fourth-order valence-corrected chi connectivity index (χ4v) is 4.68. The molecule has 1 atom stereocenters. The number of aromatic nitrogens is 2. The first-order valence-corrected chi connectivity index (χ1v) is 9.05. The van der Waals surface area contributed by atoms with E-state index in [0.717, 1.165) is 17.0 Å². The topological polar surface area (TPSA) is 86.9 Å². The summed E-state index contributed by atoms with van der Waals surface area (Å²) in [5.74, 6) is 0.597. The number of aromatic amines is 1. The summed E-state index contributed by atoms with van der Waals surface area (Å²) in [4.78, 5) is 8.02. The van der Waals surface area contributed by atoms with Gasteiger partial charge in [-0.15, -0.1) is 11.3 Å². The summed E-state index contributed by atoms with van der Waals surface area (Å²) in [7, 11) is -3.53. The molecule has 0 aromatic carbocycles. The van der Waals surface area contributed by atoms with Gasteiger partial charge in [-0.05, 0) is 32.0 Å². The van der Waals surface area contributed by atoms with Gasteiger partial charge in [0.25, 0.3) is 10.0 Å². The second kappa shape index (κ2) is 6.69. The summed E-state index contributed by atoms with van der Waals surface area (Å²) < 4.78 is 27.8. The lowest BCUT2D eigenvalue weighted by atomic mass is 10.3. The Bertz CT molecular complexity index is 677. The van der Waals surface area contributed by atoms with Crippen molar-refractivity contribution in [2.75, 3.05) is 6.54 Å². The number of imidazole rings is 1. The van der Waals surface area contributed by atoms with Crippen LogP contribution in [0.4, 0.5) is 0 Å². The summed E-state index contributed by atoms with van der Waals surface area (Å²) in [5, 5.41) is 3.21. The number of nitrogens with one attached hydrogen (secondary N) is 3.